The summed E-state index contributed by atoms with van der Waals surface area (Å²) in [6.45, 7) is 8.78. The van der Waals surface area contributed by atoms with Crippen LogP contribution in [0.1, 0.15) is 42.3 Å². The molecule has 1 aliphatic heterocycles. The van der Waals surface area contributed by atoms with Gasteiger partial charge in [0.1, 0.15) is 5.75 Å². The summed E-state index contributed by atoms with van der Waals surface area (Å²) in [6.07, 6.45) is 3.27. The van der Waals surface area contributed by atoms with Gasteiger partial charge in [-0.25, -0.2) is 9.86 Å². The molecule has 0 saturated carbocycles. The molecule has 0 bridgehead atoms. The smallest absolute Gasteiger partial charge is 0.414 e. The minimum Gasteiger partial charge on any atom is -0.477 e. The van der Waals surface area contributed by atoms with Gasteiger partial charge in [-0.2, -0.15) is 5.10 Å². The van der Waals surface area contributed by atoms with E-state index in [2.05, 4.69) is 5.10 Å². The first-order valence-electron chi connectivity index (χ1n) is 14.4. The van der Waals surface area contributed by atoms with Crippen molar-refractivity contribution in [2.24, 2.45) is 5.92 Å². The average Bonchev–Trinajstić information content (AvgIpc) is 3.46. The van der Waals surface area contributed by atoms with Crippen LogP contribution in [0.4, 0.5) is 10.5 Å². The van der Waals surface area contributed by atoms with Crippen LogP contribution in [-0.2, 0) is 11.3 Å². The Morgan fingerprint density at radius 1 is 1.16 bits per heavy atom. The minimum absolute atomic E-state index is 0.142. The van der Waals surface area contributed by atoms with E-state index in [9.17, 15) is 14.8 Å². The van der Waals surface area contributed by atoms with E-state index in [-0.39, 0.29) is 19.1 Å². The van der Waals surface area contributed by atoms with Crippen molar-refractivity contribution in [3.8, 4) is 16.9 Å². The van der Waals surface area contributed by atoms with Crippen LogP contribution in [-0.4, -0.2) is 57.2 Å². The molecule has 11 heteroatoms. The molecule has 2 heterocycles. The molecule has 1 N–H and O–H groups in total. The van der Waals surface area contributed by atoms with E-state index in [1.165, 1.54) is 11.8 Å². The van der Waals surface area contributed by atoms with Crippen LogP contribution < -0.4 is 9.64 Å². The molecule has 2 amide bonds. The molecule has 1 aliphatic rings. The number of rotatable bonds is 9. The number of amides is 2. The van der Waals surface area contributed by atoms with Gasteiger partial charge in [-0.3, -0.25) is 19.6 Å². The monoisotopic (exact) mass is 634 g/mol. The highest BCUT2D eigenvalue weighted by atomic mass is 35.5. The Bertz CT molecular complexity index is 1660. The number of hydrogen-bond acceptors (Lipinski definition) is 7. The van der Waals surface area contributed by atoms with Gasteiger partial charge < -0.3 is 9.47 Å². The first kappa shape index (κ1) is 31.4. The number of halogens is 1. The number of hydrogen-bond donors (Lipinski definition) is 1. The molecule has 0 aliphatic carbocycles. The second-order valence-corrected chi connectivity index (χ2v) is 12.5. The Morgan fingerprint density at radius 3 is 2.70 bits per heavy atom. The number of aromatic nitrogens is 2. The van der Waals surface area contributed by atoms with Gasteiger partial charge in [-0.1, -0.05) is 67.5 Å². The van der Waals surface area contributed by atoms with E-state index in [1.54, 1.807) is 40.9 Å². The van der Waals surface area contributed by atoms with E-state index in [0.29, 0.717) is 29.4 Å². The fourth-order valence-electron chi connectivity index (χ4n) is 4.95. The van der Waals surface area contributed by atoms with Gasteiger partial charge in [0, 0.05) is 38.4 Å². The maximum absolute atomic E-state index is 13.1. The molecule has 5 rings (SSSR count). The largest absolute Gasteiger partial charge is 0.477 e. The number of ether oxygens (including phenoxy) is 2. The zero-order valence-corrected chi connectivity index (χ0v) is 26.6. The van der Waals surface area contributed by atoms with Crippen molar-refractivity contribution in [3.63, 3.8) is 0 Å². The Hall–Kier alpha value is -3.99. The number of thioether (sulfide) groups is 1. The molecule has 1 atom stereocenters. The zero-order valence-electron chi connectivity index (χ0n) is 25.1. The summed E-state index contributed by atoms with van der Waals surface area (Å²) >= 11 is 7.88. The van der Waals surface area contributed by atoms with E-state index in [4.69, 9.17) is 21.1 Å². The number of carbonyl (C=O) groups is 2. The molecule has 3 aromatic carbocycles. The van der Waals surface area contributed by atoms with Crippen LogP contribution >= 0.6 is 23.4 Å². The molecular weight excluding hydrogens is 600 g/mol. The summed E-state index contributed by atoms with van der Waals surface area (Å²) in [5, 5.41) is 16.1. The molecule has 0 radical (unpaired) electrons. The topological polar surface area (TPSA) is 97.1 Å². The molecule has 1 aromatic heterocycles. The summed E-state index contributed by atoms with van der Waals surface area (Å²) in [6, 6.07) is 18.5. The van der Waals surface area contributed by atoms with E-state index in [0.717, 1.165) is 37.9 Å². The molecule has 44 heavy (non-hydrogen) atoms. The summed E-state index contributed by atoms with van der Waals surface area (Å²) < 4.78 is 13.6. The molecule has 0 saturated heterocycles. The fourth-order valence-corrected chi connectivity index (χ4v) is 6.37. The van der Waals surface area contributed by atoms with Crippen LogP contribution in [0.5, 0.6) is 5.75 Å². The summed E-state index contributed by atoms with van der Waals surface area (Å²) in [5.74, 6) is 0.357. The van der Waals surface area contributed by atoms with Crippen LogP contribution in [0, 0.1) is 12.8 Å². The molecule has 230 valence electrons. The maximum atomic E-state index is 13.1. The van der Waals surface area contributed by atoms with Crippen LogP contribution in [0.15, 0.2) is 78.0 Å². The van der Waals surface area contributed by atoms with Gasteiger partial charge in [0.2, 0.25) is 0 Å². The second-order valence-electron chi connectivity index (χ2n) is 10.9. The highest BCUT2D eigenvalue weighted by Crippen LogP contribution is 2.45. The van der Waals surface area contributed by atoms with Crippen LogP contribution in [0.3, 0.4) is 0 Å². The van der Waals surface area contributed by atoms with Crippen molar-refractivity contribution in [1.82, 2.24) is 14.8 Å². The second kappa shape index (κ2) is 13.8. The summed E-state index contributed by atoms with van der Waals surface area (Å²) in [7, 11) is 0. The first-order valence-corrected chi connectivity index (χ1v) is 15.7. The van der Waals surface area contributed by atoms with Crippen molar-refractivity contribution < 1.29 is 24.3 Å². The van der Waals surface area contributed by atoms with Crippen LogP contribution in [0.2, 0.25) is 5.02 Å². The van der Waals surface area contributed by atoms with Gasteiger partial charge in [0.05, 0.1) is 38.1 Å². The van der Waals surface area contributed by atoms with Crippen molar-refractivity contribution in [2.45, 2.75) is 44.6 Å². The van der Waals surface area contributed by atoms with Crippen molar-refractivity contribution in [1.29, 1.82) is 0 Å². The van der Waals surface area contributed by atoms with Crippen LogP contribution in [0.25, 0.3) is 11.1 Å². The van der Waals surface area contributed by atoms with Gasteiger partial charge >= 0.3 is 6.09 Å². The molecule has 0 spiro atoms. The Morgan fingerprint density at radius 2 is 1.93 bits per heavy atom. The zero-order chi connectivity index (χ0) is 31.4. The Balaban J connectivity index is 1.42. The number of benzene rings is 3. The van der Waals surface area contributed by atoms with Crippen molar-refractivity contribution in [3.05, 3.63) is 94.8 Å². The van der Waals surface area contributed by atoms with E-state index < -0.39 is 17.4 Å². The molecular formula is C33H35ClN4O5S. The highest BCUT2D eigenvalue weighted by Gasteiger charge is 2.33. The van der Waals surface area contributed by atoms with Crippen molar-refractivity contribution in [2.75, 3.05) is 24.6 Å². The number of hydroxylamine groups is 2. The first-order chi connectivity index (χ1) is 21.1. The third-order valence-corrected chi connectivity index (χ3v) is 8.65. The molecule has 9 nitrogen and oxygen atoms in total. The standard InChI is InChI=1S/C33H35ClN4O5S/c1-5-42-33(40)37-20-30(43-29-14-8-12-27(34)22(29)4)44-31-26(11-7-13-28(31)37)25-16-35-36(19-25)18-23-9-6-10-24(15-23)32(39)38(41)17-21(2)3/h6-16,19,21,30,41H,5,17-18,20H2,1-4H3. The summed E-state index contributed by atoms with van der Waals surface area (Å²) in [5.41, 5.74) is 4.19. The van der Waals surface area contributed by atoms with E-state index in [1.807, 2.05) is 69.4 Å². The van der Waals surface area contributed by atoms with Crippen molar-refractivity contribution >= 4 is 41.1 Å². The van der Waals surface area contributed by atoms with Gasteiger partial charge in [-0.15, -0.1) is 0 Å². The normalized spacial score (nSPS) is 14.3. The van der Waals surface area contributed by atoms with Gasteiger partial charge in [0.25, 0.3) is 5.91 Å². The SMILES string of the molecule is CCOC(=O)N1CC(Oc2cccc(Cl)c2C)Sc2c(-c3cnn(Cc4cccc(C(=O)N(O)CC(C)C)c4)c3)cccc21. The number of anilines is 1. The number of nitrogens with zero attached hydrogens (tertiary/aromatic N) is 4. The number of carbonyl (C=O) groups excluding carboxylic acids is 2. The quantitative estimate of drug-likeness (QED) is 0.150. The van der Waals surface area contributed by atoms with Gasteiger partial charge in [0.15, 0.2) is 5.44 Å². The maximum Gasteiger partial charge on any atom is 0.414 e. The summed E-state index contributed by atoms with van der Waals surface area (Å²) in [4.78, 5) is 28.2. The molecule has 4 aromatic rings. The highest BCUT2D eigenvalue weighted by molar-refractivity contribution is 8.00. The lowest BCUT2D eigenvalue weighted by Crippen LogP contribution is -2.42. The number of fused-ring (bicyclic) bond motifs is 1. The Kier molecular flexibility index (Phi) is 9.83. The van der Waals surface area contributed by atoms with E-state index >= 15 is 0 Å². The molecule has 1 unspecified atom stereocenters. The van der Waals surface area contributed by atoms with Gasteiger partial charge in [-0.05, 0) is 55.7 Å². The third kappa shape index (κ3) is 7.04. The predicted octanol–water partition coefficient (Wildman–Crippen LogP) is 7.52. The molecule has 0 fully saturated rings. The fraction of sp³-hybridized carbons (Fsp3) is 0.303. The third-order valence-electron chi connectivity index (χ3n) is 7.07. The lowest BCUT2D eigenvalue weighted by atomic mass is 10.1. The Labute approximate surface area is 266 Å². The predicted molar refractivity (Wildman–Crippen MR) is 172 cm³/mol. The minimum atomic E-state index is -0.442. The lowest BCUT2D eigenvalue weighted by molar-refractivity contribution is -0.0647. The lowest BCUT2D eigenvalue weighted by Gasteiger charge is -2.34. The average molecular weight is 635 g/mol.